The van der Waals surface area contributed by atoms with E-state index in [0.29, 0.717) is 29.2 Å². The average molecular weight is 419 g/mol. The molecule has 2 amide bonds. The van der Waals surface area contributed by atoms with Gasteiger partial charge in [-0.3, -0.25) is 19.7 Å². The molecule has 0 spiro atoms. The largest absolute Gasteiger partial charge is 0.457 e. The standard InChI is InChI=1S/C23H21N3O5/c1-2-14-24-23(28)20(25-22(27)17-6-4-3-5-7-17)15-19-12-13-21(31-19)16-8-10-18(11-9-16)26(29)30/h3-13,15H,2,14H2,1H3,(H,24,28)(H,25,27). The number of furan rings is 1. The van der Waals surface area contributed by atoms with Crippen molar-refractivity contribution in [2.45, 2.75) is 13.3 Å². The molecule has 31 heavy (non-hydrogen) atoms. The fourth-order valence-corrected chi connectivity index (χ4v) is 2.75. The molecule has 3 rings (SSSR count). The van der Waals surface area contributed by atoms with Gasteiger partial charge < -0.3 is 15.1 Å². The molecule has 2 N–H and O–H groups in total. The molecule has 8 nitrogen and oxygen atoms in total. The number of carbonyl (C=O) groups excluding carboxylic acids is 2. The first-order valence-corrected chi connectivity index (χ1v) is 9.69. The van der Waals surface area contributed by atoms with Crippen LogP contribution in [0.3, 0.4) is 0 Å². The smallest absolute Gasteiger partial charge is 0.269 e. The van der Waals surface area contributed by atoms with E-state index >= 15 is 0 Å². The molecule has 0 fully saturated rings. The van der Waals surface area contributed by atoms with Crippen molar-refractivity contribution in [3.63, 3.8) is 0 Å². The lowest BCUT2D eigenvalue weighted by Crippen LogP contribution is -2.35. The molecule has 0 saturated heterocycles. The van der Waals surface area contributed by atoms with Gasteiger partial charge in [-0.1, -0.05) is 25.1 Å². The van der Waals surface area contributed by atoms with E-state index in [-0.39, 0.29) is 11.4 Å². The maximum Gasteiger partial charge on any atom is 0.269 e. The van der Waals surface area contributed by atoms with Crippen molar-refractivity contribution in [2.75, 3.05) is 6.54 Å². The lowest BCUT2D eigenvalue weighted by atomic mass is 10.1. The van der Waals surface area contributed by atoms with Gasteiger partial charge in [0.2, 0.25) is 0 Å². The molecular formula is C23H21N3O5. The predicted molar refractivity (Wildman–Crippen MR) is 116 cm³/mol. The zero-order valence-corrected chi connectivity index (χ0v) is 16.8. The monoisotopic (exact) mass is 419 g/mol. The second-order valence-corrected chi connectivity index (χ2v) is 6.64. The maximum atomic E-state index is 12.6. The summed E-state index contributed by atoms with van der Waals surface area (Å²) < 4.78 is 5.76. The summed E-state index contributed by atoms with van der Waals surface area (Å²) in [5, 5.41) is 16.2. The molecule has 0 radical (unpaired) electrons. The lowest BCUT2D eigenvalue weighted by Gasteiger charge is -2.10. The average Bonchev–Trinajstić information content (AvgIpc) is 3.26. The number of carbonyl (C=O) groups is 2. The molecule has 0 aliphatic rings. The van der Waals surface area contributed by atoms with Crippen LogP contribution >= 0.6 is 0 Å². The molecule has 8 heteroatoms. The van der Waals surface area contributed by atoms with Crippen molar-refractivity contribution < 1.29 is 18.9 Å². The van der Waals surface area contributed by atoms with Crippen LogP contribution in [-0.2, 0) is 4.79 Å². The Kier molecular flexibility index (Phi) is 6.95. The molecule has 1 heterocycles. The molecule has 0 atom stereocenters. The summed E-state index contributed by atoms with van der Waals surface area (Å²) in [6.45, 7) is 2.39. The van der Waals surface area contributed by atoms with Crippen LogP contribution in [0.25, 0.3) is 17.4 Å². The number of nitrogens with one attached hydrogen (secondary N) is 2. The van der Waals surface area contributed by atoms with Gasteiger partial charge in [-0.2, -0.15) is 0 Å². The minimum atomic E-state index is -0.476. The van der Waals surface area contributed by atoms with Crippen LogP contribution in [0.1, 0.15) is 29.5 Å². The Balaban J connectivity index is 1.84. The van der Waals surface area contributed by atoms with Crippen molar-refractivity contribution in [2.24, 2.45) is 0 Å². The van der Waals surface area contributed by atoms with Crippen LogP contribution in [0.4, 0.5) is 5.69 Å². The highest BCUT2D eigenvalue weighted by molar-refractivity contribution is 6.05. The number of non-ortho nitro benzene ring substituents is 1. The van der Waals surface area contributed by atoms with Gasteiger partial charge >= 0.3 is 0 Å². The number of rotatable bonds is 8. The molecule has 0 aliphatic heterocycles. The predicted octanol–water partition coefficient (Wildman–Crippen LogP) is 4.15. The van der Waals surface area contributed by atoms with E-state index in [1.54, 1.807) is 54.6 Å². The van der Waals surface area contributed by atoms with Gasteiger partial charge in [0.05, 0.1) is 4.92 Å². The highest BCUT2D eigenvalue weighted by Crippen LogP contribution is 2.25. The summed E-state index contributed by atoms with van der Waals surface area (Å²) in [5.41, 5.74) is 1.10. The lowest BCUT2D eigenvalue weighted by molar-refractivity contribution is -0.384. The zero-order valence-electron chi connectivity index (χ0n) is 16.8. The van der Waals surface area contributed by atoms with E-state index in [0.717, 1.165) is 6.42 Å². The van der Waals surface area contributed by atoms with Gasteiger partial charge in [-0.05, 0) is 42.8 Å². The number of hydrogen-bond donors (Lipinski definition) is 2. The highest BCUT2D eigenvalue weighted by Gasteiger charge is 2.15. The molecule has 0 aliphatic carbocycles. The third kappa shape index (κ3) is 5.66. The summed E-state index contributed by atoms with van der Waals surface area (Å²) in [6, 6.07) is 17.8. The van der Waals surface area contributed by atoms with Crippen LogP contribution in [0.5, 0.6) is 0 Å². The fraction of sp³-hybridized carbons (Fsp3) is 0.130. The third-order valence-corrected chi connectivity index (χ3v) is 4.34. The summed E-state index contributed by atoms with van der Waals surface area (Å²) in [5.74, 6) is -0.0210. The van der Waals surface area contributed by atoms with Crippen molar-refractivity contribution >= 4 is 23.6 Å². The van der Waals surface area contributed by atoms with E-state index in [4.69, 9.17) is 4.42 Å². The fourth-order valence-electron chi connectivity index (χ4n) is 2.75. The highest BCUT2D eigenvalue weighted by atomic mass is 16.6. The number of hydrogen-bond acceptors (Lipinski definition) is 5. The molecule has 0 unspecified atom stereocenters. The van der Waals surface area contributed by atoms with E-state index in [9.17, 15) is 19.7 Å². The molecule has 1 aromatic heterocycles. The Hall–Kier alpha value is -4.20. The molecule has 158 valence electrons. The Morgan fingerprint density at radius 3 is 2.39 bits per heavy atom. The summed E-state index contributed by atoms with van der Waals surface area (Å²) in [4.78, 5) is 35.4. The topological polar surface area (TPSA) is 114 Å². The van der Waals surface area contributed by atoms with Gasteiger partial charge in [-0.25, -0.2) is 0 Å². The summed E-state index contributed by atoms with van der Waals surface area (Å²) in [7, 11) is 0. The maximum absolute atomic E-state index is 12.6. The molecule has 3 aromatic rings. The Morgan fingerprint density at radius 2 is 1.74 bits per heavy atom. The van der Waals surface area contributed by atoms with Gasteiger partial charge in [0.25, 0.3) is 17.5 Å². The number of nitro groups is 1. The van der Waals surface area contributed by atoms with Crippen LogP contribution < -0.4 is 10.6 Å². The number of nitro benzene ring substituents is 1. The van der Waals surface area contributed by atoms with Crippen molar-refractivity contribution in [1.82, 2.24) is 10.6 Å². The Morgan fingerprint density at radius 1 is 1.03 bits per heavy atom. The molecule has 2 aromatic carbocycles. The van der Waals surface area contributed by atoms with Gasteiger partial charge in [-0.15, -0.1) is 0 Å². The van der Waals surface area contributed by atoms with Gasteiger partial charge in [0, 0.05) is 35.9 Å². The minimum absolute atomic E-state index is 0.0195. The number of amides is 2. The van der Waals surface area contributed by atoms with Crippen molar-refractivity contribution in [1.29, 1.82) is 0 Å². The third-order valence-electron chi connectivity index (χ3n) is 4.34. The van der Waals surface area contributed by atoms with Gasteiger partial charge in [0.1, 0.15) is 17.2 Å². The number of nitrogens with zero attached hydrogens (tertiary/aromatic N) is 1. The van der Waals surface area contributed by atoms with E-state index in [1.165, 1.54) is 18.2 Å². The van der Waals surface area contributed by atoms with Gasteiger partial charge in [0.15, 0.2) is 0 Å². The first-order chi connectivity index (χ1) is 15.0. The van der Waals surface area contributed by atoms with Crippen LogP contribution in [0.2, 0.25) is 0 Å². The second kappa shape index (κ2) is 10.0. The Bertz CT molecular complexity index is 1100. The SMILES string of the molecule is CCCNC(=O)C(=Cc1ccc(-c2ccc([N+](=O)[O-])cc2)o1)NC(=O)c1ccccc1. The summed E-state index contributed by atoms with van der Waals surface area (Å²) in [6.07, 6.45) is 2.19. The van der Waals surface area contributed by atoms with Crippen molar-refractivity contribution in [3.05, 3.63) is 93.9 Å². The summed E-state index contributed by atoms with van der Waals surface area (Å²) >= 11 is 0. The van der Waals surface area contributed by atoms with E-state index in [1.807, 2.05) is 6.92 Å². The first-order valence-electron chi connectivity index (χ1n) is 9.69. The molecular weight excluding hydrogens is 398 g/mol. The normalized spacial score (nSPS) is 11.1. The quantitative estimate of drug-likeness (QED) is 0.323. The van der Waals surface area contributed by atoms with Crippen LogP contribution in [-0.4, -0.2) is 23.3 Å². The zero-order chi connectivity index (χ0) is 22.2. The first kappa shape index (κ1) is 21.5. The molecule has 0 bridgehead atoms. The van der Waals surface area contributed by atoms with Crippen LogP contribution in [0.15, 0.2) is 76.8 Å². The minimum Gasteiger partial charge on any atom is -0.457 e. The van der Waals surface area contributed by atoms with Crippen LogP contribution in [0, 0.1) is 10.1 Å². The second-order valence-electron chi connectivity index (χ2n) is 6.64. The van der Waals surface area contributed by atoms with E-state index in [2.05, 4.69) is 10.6 Å². The molecule has 0 saturated carbocycles. The Labute approximate surface area is 178 Å². The van der Waals surface area contributed by atoms with Crippen molar-refractivity contribution in [3.8, 4) is 11.3 Å². The number of benzene rings is 2. The van der Waals surface area contributed by atoms with E-state index < -0.39 is 16.7 Å².